The summed E-state index contributed by atoms with van der Waals surface area (Å²) < 4.78 is 0. The minimum absolute atomic E-state index is 0.134. The molecule has 0 bridgehead atoms. The van der Waals surface area contributed by atoms with Gasteiger partial charge in [-0.3, -0.25) is 4.90 Å². The predicted molar refractivity (Wildman–Crippen MR) is 90.6 cm³/mol. The lowest BCUT2D eigenvalue weighted by Crippen LogP contribution is -2.51. The zero-order valence-corrected chi connectivity index (χ0v) is 14.4. The van der Waals surface area contributed by atoms with Gasteiger partial charge in [0.1, 0.15) is 0 Å². The highest BCUT2D eigenvalue weighted by Gasteiger charge is 2.35. The molecule has 2 aliphatic rings. The van der Waals surface area contributed by atoms with Crippen LogP contribution in [0.1, 0.15) is 90.9 Å². The summed E-state index contributed by atoms with van der Waals surface area (Å²) in [5.41, 5.74) is 0.134. The van der Waals surface area contributed by atoms with Crippen molar-refractivity contribution in [3.8, 4) is 0 Å². The molecular formula is C19H37NO. The number of aliphatic hydroxyl groups is 1. The van der Waals surface area contributed by atoms with Gasteiger partial charge in [-0.15, -0.1) is 0 Å². The first-order chi connectivity index (χ1) is 10.2. The molecule has 0 aliphatic heterocycles. The summed E-state index contributed by atoms with van der Waals surface area (Å²) in [6, 6.07) is 1.59. The zero-order chi connectivity index (χ0) is 15.1. The summed E-state index contributed by atoms with van der Waals surface area (Å²) in [6.07, 6.45) is 16.3. The molecule has 0 amide bonds. The molecule has 0 aromatic heterocycles. The van der Waals surface area contributed by atoms with Crippen LogP contribution in [0.5, 0.6) is 0 Å². The highest BCUT2D eigenvalue weighted by atomic mass is 16.3. The summed E-state index contributed by atoms with van der Waals surface area (Å²) in [5, 5.41) is 10.00. The van der Waals surface area contributed by atoms with E-state index in [9.17, 15) is 5.11 Å². The molecule has 0 spiro atoms. The number of nitrogens with zero attached hydrogens (tertiary/aromatic N) is 1. The van der Waals surface area contributed by atoms with Gasteiger partial charge in [0.25, 0.3) is 0 Å². The van der Waals surface area contributed by atoms with E-state index in [4.69, 9.17) is 0 Å². The first-order valence-electron chi connectivity index (χ1n) is 9.61. The van der Waals surface area contributed by atoms with Gasteiger partial charge in [0.05, 0.1) is 0 Å². The van der Waals surface area contributed by atoms with Gasteiger partial charge in [-0.2, -0.15) is 0 Å². The molecule has 2 aliphatic carbocycles. The highest BCUT2D eigenvalue weighted by Crippen LogP contribution is 2.35. The van der Waals surface area contributed by atoms with Crippen LogP contribution in [-0.2, 0) is 0 Å². The third-order valence-corrected chi connectivity index (χ3v) is 6.44. The van der Waals surface area contributed by atoms with Crippen LogP contribution in [0.2, 0.25) is 0 Å². The quantitative estimate of drug-likeness (QED) is 0.732. The van der Waals surface area contributed by atoms with Gasteiger partial charge in [0.2, 0.25) is 0 Å². The third-order valence-electron chi connectivity index (χ3n) is 6.44. The number of hydrogen-bond acceptors (Lipinski definition) is 2. The van der Waals surface area contributed by atoms with Gasteiger partial charge < -0.3 is 5.11 Å². The maximum absolute atomic E-state index is 10.00. The Hall–Kier alpha value is -0.0800. The Labute approximate surface area is 132 Å². The van der Waals surface area contributed by atoms with Crippen LogP contribution in [0.4, 0.5) is 0 Å². The molecule has 124 valence electrons. The van der Waals surface area contributed by atoms with Gasteiger partial charge in [-0.05, 0) is 38.5 Å². The molecule has 2 nitrogen and oxygen atoms in total. The molecule has 2 rings (SSSR count). The van der Waals surface area contributed by atoms with E-state index in [1.807, 2.05) is 0 Å². The lowest BCUT2D eigenvalue weighted by atomic mass is 9.80. The van der Waals surface area contributed by atoms with Crippen LogP contribution in [0.15, 0.2) is 0 Å². The Kier molecular flexibility index (Phi) is 7.01. The van der Waals surface area contributed by atoms with Gasteiger partial charge in [0.15, 0.2) is 0 Å². The Bertz CT molecular complexity index is 249. The first-order valence-corrected chi connectivity index (χ1v) is 9.61. The molecule has 1 N–H and O–H groups in total. The topological polar surface area (TPSA) is 23.5 Å². The molecule has 2 fully saturated rings. The van der Waals surface area contributed by atoms with Crippen LogP contribution < -0.4 is 0 Å². The van der Waals surface area contributed by atoms with E-state index in [1.165, 1.54) is 64.2 Å². The van der Waals surface area contributed by atoms with Crippen molar-refractivity contribution in [2.24, 2.45) is 5.41 Å². The molecule has 0 aromatic rings. The molecular weight excluding hydrogens is 258 g/mol. The first kappa shape index (κ1) is 17.3. The maximum Gasteiger partial charge on any atom is 0.0499 e. The van der Waals surface area contributed by atoms with E-state index < -0.39 is 0 Å². The van der Waals surface area contributed by atoms with E-state index in [2.05, 4.69) is 18.7 Å². The lowest BCUT2D eigenvalue weighted by molar-refractivity contribution is 0.00347. The van der Waals surface area contributed by atoms with E-state index in [0.717, 1.165) is 31.5 Å². The van der Waals surface area contributed by atoms with Crippen LogP contribution in [0.3, 0.4) is 0 Å². The average Bonchev–Trinajstić information content (AvgIpc) is 2.58. The molecule has 2 saturated carbocycles. The average molecular weight is 296 g/mol. The third kappa shape index (κ3) is 4.45. The maximum atomic E-state index is 10.00. The summed E-state index contributed by atoms with van der Waals surface area (Å²) in [7, 11) is 0. The molecule has 0 aromatic carbocycles. The van der Waals surface area contributed by atoms with Gasteiger partial charge in [-0.25, -0.2) is 0 Å². The van der Waals surface area contributed by atoms with Crippen LogP contribution in [-0.4, -0.2) is 35.2 Å². The van der Waals surface area contributed by atoms with Crippen molar-refractivity contribution in [3.05, 3.63) is 0 Å². The second-order valence-corrected chi connectivity index (χ2v) is 7.62. The van der Waals surface area contributed by atoms with Gasteiger partial charge in [0, 0.05) is 30.7 Å². The smallest absolute Gasteiger partial charge is 0.0499 e. The zero-order valence-electron chi connectivity index (χ0n) is 14.4. The fourth-order valence-corrected chi connectivity index (χ4v) is 4.52. The van der Waals surface area contributed by atoms with E-state index in [1.54, 1.807) is 0 Å². The fraction of sp³-hybridized carbons (Fsp3) is 1.00. The second kappa shape index (κ2) is 8.53. The minimum Gasteiger partial charge on any atom is -0.396 e. The normalized spacial score (nSPS) is 22.9. The van der Waals surface area contributed by atoms with Crippen molar-refractivity contribution in [3.63, 3.8) is 0 Å². The van der Waals surface area contributed by atoms with Crippen LogP contribution >= 0.6 is 0 Å². The Morgan fingerprint density at radius 1 is 0.810 bits per heavy atom. The summed E-state index contributed by atoms with van der Waals surface area (Å²) in [6.45, 7) is 6.01. The molecule has 0 unspecified atom stereocenters. The fourth-order valence-electron chi connectivity index (χ4n) is 4.52. The predicted octanol–water partition coefficient (Wildman–Crippen LogP) is 4.75. The molecule has 0 saturated heterocycles. The summed E-state index contributed by atoms with van der Waals surface area (Å²) in [5.74, 6) is 0. The van der Waals surface area contributed by atoms with Crippen molar-refractivity contribution in [1.82, 2.24) is 4.90 Å². The van der Waals surface area contributed by atoms with E-state index >= 15 is 0 Å². The SMILES string of the molecule is CCC(CC)(CO)CN(C1CCCCC1)C1CCCCC1. The molecule has 0 heterocycles. The Morgan fingerprint density at radius 3 is 1.57 bits per heavy atom. The largest absolute Gasteiger partial charge is 0.396 e. The monoisotopic (exact) mass is 295 g/mol. The molecule has 21 heavy (non-hydrogen) atoms. The van der Waals surface area contributed by atoms with E-state index in [0.29, 0.717) is 6.61 Å². The van der Waals surface area contributed by atoms with Crippen molar-refractivity contribution < 1.29 is 5.11 Å². The lowest BCUT2D eigenvalue weighted by Gasteiger charge is -2.46. The van der Waals surface area contributed by atoms with Gasteiger partial charge >= 0.3 is 0 Å². The molecule has 2 heteroatoms. The van der Waals surface area contributed by atoms with Crippen molar-refractivity contribution in [2.45, 2.75) is 103 Å². The summed E-state index contributed by atoms with van der Waals surface area (Å²) in [4.78, 5) is 2.86. The van der Waals surface area contributed by atoms with Gasteiger partial charge in [-0.1, -0.05) is 52.4 Å². The number of aliphatic hydroxyl groups excluding tert-OH is 1. The van der Waals surface area contributed by atoms with E-state index in [-0.39, 0.29) is 5.41 Å². The Balaban J connectivity index is 2.09. The van der Waals surface area contributed by atoms with Crippen LogP contribution in [0, 0.1) is 5.41 Å². The van der Waals surface area contributed by atoms with Crippen molar-refractivity contribution >= 4 is 0 Å². The minimum atomic E-state index is 0.134. The van der Waals surface area contributed by atoms with Crippen molar-refractivity contribution in [1.29, 1.82) is 0 Å². The number of hydrogen-bond donors (Lipinski definition) is 1. The standard InChI is InChI=1S/C19H37NO/c1-3-19(4-2,16-21)15-20(17-11-7-5-8-12-17)18-13-9-6-10-14-18/h17-18,21H,3-16H2,1-2H3. The number of rotatable bonds is 7. The second-order valence-electron chi connectivity index (χ2n) is 7.62. The Morgan fingerprint density at radius 2 is 1.24 bits per heavy atom. The molecule has 0 atom stereocenters. The molecule has 0 radical (unpaired) electrons. The van der Waals surface area contributed by atoms with Crippen molar-refractivity contribution in [2.75, 3.05) is 13.2 Å². The summed E-state index contributed by atoms with van der Waals surface area (Å²) >= 11 is 0. The highest BCUT2D eigenvalue weighted by molar-refractivity contribution is 4.89. The van der Waals surface area contributed by atoms with Crippen LogP contribution in [0.25, 0.3) is 0 Å².